The molecular weight excluding hydrogens is 180 g/mol. The molecule has 0 atom stereocenters. The second-order valence-electron chi connectivity index (χ2n) is 3.91. The monoisotopic (exact) mass is 200 g/mol. The molecule has 0 nitrogen and oxygen atoms in total. The number of allylic oxidation sites excluding steroid dienone is 1. The van der Waals surface area contributed by atoms with Crippen molar-refractivity contribution < 1.29 is 0 Å². The molecule has 0 aromatic heterocycles. The highest BCUT2D eigenvalue weighted by atomic mass is 14.0. The fraction of sp³-hybridized carbons (Fsp3) is 0.333. The van der Waals surface area contributed by atoms with Gasteiger partial charge in [-0.3, -0.25) is 0 Å². The fourth-order valence-electron chi connectivity index (χ4n) is 1.85. The first-order valence-electron chi connectivity index (χ1n) is 5.52. The molecule has 0 aliphatic rings. The minimum absolute atomic E-state index is 1.02. The van der Waals surface area contributed by atoms with Gasteiger partial charge in [0.15, 0.2) is 0 Å². The average molecular weight is 200 g/mol. The van der Waals surface area contributed by atoms with E-state index >= 15 is 0 Å². The number of hydrogen-bond acceptors (Lipinski definition) is 0. The van der Waals surface area contributed by atoms with Crippen LogP contribution >= 0.6 is 0 Å². The Labute approximate surface area is 92.6 Å². The third kappa shape index (κ3) is 2.38. The predicted octanol–water partition coefficient (Wildman–Crippen LogP) is 2.93. The SMILES string of the molecule is C=C(CC)/C(C)=c1/cccc(C)/c1=C/C. The molecule has 0 saturated carbocycles. The van der Waals surface area contributed by atoms with Gasteiger partial charge in [0, 0.05) is 0 Å². The fourth-order valence-corrected chi connectivity index (χ4v) is 1.85. The molecule has 0 saturated heterocycles. The molecular formula is C15H20. The summed E-state index contributed by atoms with van der Waals surface area (Å²) in [4.78, 5) is 0. The van der Waals surface area contributed by atoms with Crippen LogP contribution < -0.4 is 10.4 Å². The number of benzene rings is 1. The molecule has 0 heterocycles. The van der Waals surface area contributed by atoms with E-state index in [0.29, 0.717) is 0 Å². The topological polar surface area (TPSA) is 0 Å². The maximum absolute atomic E-state index is 4.10. The summed E-state index contributed by atoms with van der Waals surface area (Å²) in [7, 11) is 0. The zero-order chi connectivity index (χ0) is 11.4. The molecule has 0 amide bonds. The standard InChI is InChI=1S/C15H20/c1-6-11(3)13(5)15-10-8-9-12(4)14(15)7-2/h7-10H,3,6H2,1-2,4-5H3/b14-7-,15-13-. The highest BCUT2D eigenvalue weighted by Gasteiger charge is 1.97. The van der Waals surface area contributed by atoms with Gasteiger partial charge in [-0.1, -0.05) is 43.4 Å². The van der Waals surface area contributed by atoms with Gasteiger partial charge >= 0.3 is 0 Å². The summed E-state index contributed by atoms with van der Waals surface area (Å²) < 4.78 is 0. The van der Waals surface area contributed by atoms with Crippen molar-refractivity contribution in [2.45, 2.75) is 34.1 Å². The van der Waals surface area contributed by atoms with Crippen LogP contribution in [0.3, 0.4) is 0 Å². The molecule has 0 N–H and O–H groups in total. The van der Waals surface area contributed by atoms with E-state index in [0.717, 1.165) is 6.42 Å². The van der Waals surface area contributed by atoms with E-state index in [9.17, 15) is 0 Å². The molecule has 1 aromatic rings. The maximum atomic E-state index is 4.10. The molecule has 0 aliphatic carbocycles. The minimum Gasteiger partial charge on any atom is -0.0956 e. The van der Waals surface area contributed by atoms with Gasteiger partial charge in [0.05, 0.1) is 0 Å². The number of rotatable bonds is 2. The van der Waals surface area contributed by atoms with Crippen LogP contribution in [0.25, 0.3) is 11.6 Å². The second kappa shape index (κ2) is 4.97. The van der Waals surface area contributed by atoms with Crippen LogP contribution in [-0.4, -0.2) is 0 Å². The van der Waals surface area contributed by atoms with Crippen LogP contribution in [0.1, 0.15) is 32.8 Å². The van der Waals surface area contributed by atoms with Crippen LogP contribution in [0.5, 0.6) is 0 Å². The predicted molar refractivity (Wildman–Crippen MR) is 69.1 cm³/mol. The van der Waals surface area contributed by atoms with E-state index in [1.54, 1.807) is 0 Å². The van der Waals surface area contributed by atoms with Crippen molar-refractivity contribution in [3.8, 4) is 0 Å². The van der Waals surface area contributed by atoms with Gasteiger partial charge < -0.3 is 0 Å². The largest absolute Gasteiger partial charge is 0.0956 e. The van der Waals surface area contributed by atoms with Gasteiger partial charge in [0.25, 0.3) is 0 Å². The molecule has 1 aromatic carbocycles. The normalized spacial score (nSPS) is 14.0. The van der Waals surface area contributed by atoms with Crippen molar-refractivity contribution in [3.63, 3.8) is 0 Å². The van der Waals surface area contributed by atoms with E-state index in [1.807, 2.05) is 0 Å². The quantitative estimate of drug-likeness (QED) is 0.688. The minimum atomic E-state index is 1.02. The van der Waals surface area contributed by atoms with Gasteiger partial charge in [0.1, 0.15) is 0 Å². The van der Waals surface area contributed by atoms with E-state index in [2.05, 4.69) is 58.5 Å². The summed E-state index contributed by atoms with van der Waals surface area (Å²) in [5.74, 6) is 0. The first-order chi connectivity index (χ1) is 7.11. The van der Waals surface area contributed by atoms with Gasteiger partial charge in [-0.15, -0.1) is 0 Å². The lowest BCUT2D eigenvalue weighted by Gasteiger charge is -2.04. The van der Waals surface area contributed by atoms with Gasteiger partial charge in [0.2, 0.25) is 0 Å². The van der Waals surface area contributed by atoms with Gasteiger partial charge in [-0.05, 0) is 48.8 Å². The maximum Gasteiger partial charge on any atom is -0.0153 e. The summed E-state index contributed by atoms with van der Waals surface area (Å²) in [5, 5.41) is 2.66. The first-order valence-corrected chi connectivity index (χ1v) is 5.52. The molecule has 0 bridgehead atoms. The molecule has 0 unspecified atom stereocenters. The summed E-state index contributed by atoms with van der Waals surface area (Å²) >= 11 is 0. The molecule has 1 rings (SSSR count). The second-order valence-corrected chi connectivity index (χ2v) is 3.91. The van der Waals surface area contributed by atoms with Crippen LogP contribution in [-0.2, 0) is 0 Å². The zero-order valence-electron chi connectivity index (χ0n) is 10.2. The molecule has 0 heteroatoms. The highest BCUT2D eigenvalue weighted by Crippen LogP contribution is 2.08. The average Bonchev–Trinajstić information content (AvgIpc) is 2.26. The lowest BCUT2D eigenvalue weighted by atomic mass is 10.0. The summed E-state index contributed by atoms with van der Waals surface area (Å²) in [6.45, 7) is 12.7. The lowest BCUT2D eigenvalue weighted by molar-refractivity contribution is 1.15. The first kappa shape index (κ1) is 11.8. The van der Waals surface area contributed by atoms with Gasteiger partial charge in [-0.2, -0.15) is 0 Å². The summed E-state index contributed by atoms with van der Waals surface area (Å²) in [6.07, 6.45) is 3.19. The molecule has 15 heavy (non-hydrogen) atoms. The third-order valence-electron chi connectivity index (χ3n) is 2.97. The van der Waals surface area contributed by atoms with Crippen molar-refractivity contribution in [2.75, 3.05) is 0 Å². The molecule has 0 fully saturated rings. The number of aryl methyl sites for hydroxylation is 1. The Bertz CT molecular complexity index is 475. The Morgan fingerprint density at radius 1 is 1.40 bits per heavy atom. The van der Waals surface area contributed by atoms with Crippen LogP contribution in [0.15, 0.2) is 30.4 Å². The van der Waals surface area contributed by atoms with Crippen LogP contribution in [0.2, 0.25) is 0 Å². The Hall–Kier alpha value is -1.30. The Kier molecular flexibility index (Phi) is 3.90. The zero-order valence-corrected chi connectivity index (χ0v) is 10.2. The van der Waals surface area contributed by atoms with Crippen molar-refractivity contribution in [1.82, 2.24) is 0 Å². The van der Waals surface area contributed by atoms with E-state index in [1.165, 1.54) is 27.1 Å². The lowest BCUT2D eigenvalue weighted by Crippen LogP contribution is -2.28. The van der Waals surface area contributed by atoms with E-state index < -0.39 is 0 Å². The van der Waals surface area contributed by atoms with E-state index in [-0.39, 0.29) is 0 Å². The van der Waals surface area contributed by atoms with E-state index in [4.69, 9.17) is 0 Å². The Morgan fingerprint density at radius 2 is 2.07 bits per heavy atom. The van der Waals surface area contributed by atoms with Crippen LogP contribution in [0.4, 0.5) is 0 Å². The summed E-state index contributed by atoms with van der Waals surface area (Å²) in [5.41, 5.74) is 3.87. The van der Waals surface area contributed by atoms with Crippen LogP contribution in [0, 0.1) is 6.92 Å². The van der Waals surface area contributed by atoms with Crippen molar-refractivity contribution in [2.24, 2.45) is 0 Å². The Morgan fingerprint density at radius 3 is 2.60 bits per heavy atom. The highest BCUT2D eigenvalue weighted by molar-refractivity contribution is 5.61. The summed E-state index contributed by atoms with van der Waals surface area (Å²) in [6, 6.07) is 6.45. The van der Waals surface area contributed by atoms with Crippen molar-refractivity contribution in [1.29, 1.82) is 0 Å². The van der Waals surface area contributed by atoms with Crippen molar-refractivity contribution >= 4 is 11.6 Å². The smallest absolute Gasteiger partial charge is 0.0153 e. The molecule has 0 aliphatic heterocycles. The third-order valence-corrected chi connectivity index (χ3v) is 2.97. The van der Waals surface area contributed by atoms with Crippen molar-refractivity contribution in [3.05, 3.63) is 46.4 Å². The molecule has 0 spiro atoms. The molecule has 0 radical (unpaired) electrons. The Balaban J connectivity index is 3.64. The number of hydrogen-bond donors (Lipinski definition) is 0. The molecule has 80 valence electrons. The van der Waals surface area contributed by atoms with Gasteiger partial charge in [-0.25, -0.2) is 0 Å².